The van der Waals surface area contributed by atoms with Crippen molar-refractivity contribution >= 4 is 22.8 Å². The van der Waals surface area contributed by atoms with Gasteiger partial charge in [0.25, 0.3) is 0 Å². The van der Waals surface area contributed by atoms with Crippen LogP contribution in [0.1, 0.15) is 37.8 Å². The van der Waals surface area contributed by atoms with E-state index in [1.165, 1.54) is 6.42 Å². The average molecular weight is 308 g/mol. The van der Waals surface area contributed by atoms with Crippen LogP contribution in [-0.4, -0.2) is 22.0 Å². The highest BCUT2D eigenvalue weighted by Gasteiger charge is 2.15. The zero-order valence-corrected chi connectivity index (χ0v) is 12.9. The molecule has 118 valence electrons. The topological polar surface area (TPSA) is 98.2 Å². The van der Waals surface area contributed by atoms with Gasteiger partial charge >= 0.3 is 0 Å². The van der Waals surface area contributed by atoms with Crippen LogP contribution in [0.5, 0.6) is 5.75 Å². The molecule has 0 aliphatic heterocycles. The maximum Gasteiger partial charge on any atom is 0.148 e. The molecule has 0 bridgehead atoms. The minimum absolute atomic E-state index is 0.124. The van der Waals surface area contributed by atoms with Crippen LogP contribution < -0.4 is 5.73 Å². The number of aromatic nitrogens is 1. The van der Waals surface area contributed by atoms with Gasteiger partial charge in [0.15, 0.2) is 0 Å². The summed E-state index contributed by atoms with van der Waals surface area (Å²) in [4.78, 5) is 7.59. The van der Waals surface area contributed by atoms with Gasteiger partial charge < -0.3 is 15.8 Å². The lowest BCUT2D eigenvalue weighted by Gasteiger charge is -2.18. The Balaban J connectivity index is 1.92. The monoisotopic (exact) mass is 308 g/mol. The highest BCUT2D eigenvalue weighted by molar-refractivity contribution is 6.05. The summed E-state index contributed by atoms with van der Waals surface area (Å²) < 4.78 is 0. The number of hydrogen-bond donors (Lipinski definition) is 3. The number of nitriles is 1. The molecule has 1 fully saturated rings. The van der Waals surface area contributed by atoms with E-state index in [1.807, 2.05) is 24.3 Å². The number of hydrogen-bond acceptors (Lipinski definition) is 3. The Morgan fingerprint density at radius 3 is 2.74 bits per heavy atom. The number of nitrogens with one attached hydrogen (secondary N) is 1. The predicted molar refractivity (Wildman–Crippen MR) is 92.0 cm³/mol. The summed E-state index contributed by atoms with van der Waals surface area (Å²) in [5.74, 6) is 0.372. The Morgan fingerprint density at radius 1 is 1.30 bits per heavy atom. The molecule has 1 heterocycles. The molecule has 2 aromatic rings. The van der Waals surface area contributed by atoms with Crippen molar-refractivity contribution in [3.05, 3.63) is 35.5 Å². The Kier molecular flexibility index (Phi) is 4.33. The summed E-state index contributed by atoms with van der Waals surface area (Å²) in [5.41, 5.74) is 7.58. The first-order valence-electron chi connectivity index (χ1n) is 7.94. The fourth-order valence-electron chi connectivity index (χ4n) is 3.04. The van der Waals surface area contributed by atoms with Gasteiger partial charge in [-0.1, -0.05) is 31.4 Å². The molecular formula is C18H20N4O. The third-order valence-corrected chi connectivity index (χ3v) is 4.29. The third-order valence-electron chi connectivity index (χ3n) is 4.29. The van der Waals surface area contributed by atoms with Crippen LogP contribution in [0.15, 0.2) is 34.8 Å². The molecule has 4 N–H and O–H groups in total. The van der Waals surface area contributed by atoms with Gasteiger partial charge in [0.2, 0.25) is 0 Å². The number of rotatable bonds is 3. The zero-order chi connectivity index (χ0) is 16.2. The van der Waals surface area contributed by atoms with E-state index in [2.05, 4.69) is 16.0 Å². The average Bonchev–Trinajstić information content (AvgIpc) is 2.90. The number of aliphatic imine (C=N–C) groups is 1. The van der Waals surface area contributed by atoms with Gasteiger partial charge in [0.05, 0.1) is 17.3 Å². The van der Waals surface area contributed by atoms with Gasteiger partial charge in [0.1, 0.15) is 17.7 Å². The number of para-hydroxylation sites is 1. The molecule has 3 rings (SSSR count). The lowest BCUT2D eigenvalue weighted by atomic mass is 9.96. The Labute approximate surface area is 135 Å². The smallest absolute Gasteiger partial charge is 0.148 e. The first-order valence-corrected chi connectivity index (χ1v) is 7.94. The van der Waals surface area contributed by atoms with Crippen LogP contribution in [0, 0.1) is 11.3 Å². The second-order valence-corrected chi connectivity index (χ2v) is 5.91. The number of amidine groups is 1. The molecule has 0 spiro atoms. The van der Waals surface area contributed by atoms with Crippen molar-refractivity contribution in [1.82, 2.24) is 4.98 Å². The molecule has 1 aliphatic rings. The van der Waals surface area contributed by atoms with Gasteiger partial charge in [-0.05, 0) is 31.1 Å². The molecule has 0 saturated heterocycles. The molecule has 0 unspecified atom stereocenters. The van der Waals surface area contributed by atoms with Crippen molar-refractivity contribution < 1.29 is 5.11 Å². The van der Waals surface area contributed by atoms with Crippen molar-refractivity contribution in [3.8, 4) is 11.8 Å². The molecule has 1 aromatic carbocycles. The molecule has 1 aromatic heterocycles. The number of nitrogens with zero attached hydrogens (tertiary/aromatic N) is 2. The minimum atomic E-state index is 0.124. The van der Waals surface area contributed by atoms with E-state index in [-0.39, 0.29) is 23.2 Å². The van der Waals surface area contributed by atoms with Crippen LogP contribution in [0.4, 0.5) is 0 Å². The normalized spacial score (nSPS) is 17.3. The summed E-state index contributed by atoms with van der Waals surface area (Å²) in [6, 6.07) is 9.73. The van der Waals surface area contributed by atoms with Crippen LogP contribution in [0.3, 0.4) is 0 Å². The maximum absolute atomic E-state index is 10.3. The van der Waals surface area contributed by atoms with Crippen LogP contribution in [-0.2, 0) is 0 Å². The quantitative estimate of drug-likeness (QED) is 0.460. The second-order valence-electron chi connectivity index (χ2n) is 5.91. The van der Waals surface area contributed by atoms with Gasteiger partial charge in [-0.3, -0.25) is 4.99 Å². The largest absolute Gasteiger partial charge is 0.505 e. The summed E-state index contributed by atoms with van der Waals surface area (Å²) in [6.45, 7) is 0. The molecular weight excluding hydrogens is 288 g/mol. The lowest BCUT2D eigenvalue weighted by Crippen LogP contribution is -2.20. The Bertz CT molecular complexity index is 804. The Morgan fingerprint density at radius 2 is 2.04 bits per heavy atom. The number of fused-ring (bicyclic) bond motifs is 1. The van der Waals surface area contributed by atoms with E-state index in [9.17, 15) is 10.4 Å². The fraction of sp³-hybridized carbons (Fsp3) is 0.333. The molecule has 1 aliphatic carbocycles. The van der Waals surface area contributed by atoms with Gasteiger partial charge in [-0.25, -0.2) is 0 Å². The lowest BCUT2D eigenvalue weighted by molar-refractivity contribution is 0.443. The van der Waals surface area contributed by atoms with Crippen molar-refractivity contribution in [2.75, 3.05) is 0 Å². The standard InChI is InChI=1S/C18H20N4O/c19-11-12(18(20)21-13-6-2-1-3-7-13)10-16-17(23)14-8-4-5-9-15(14)22-16/h4-5,8-10,13,22-23H,1-3,6-7H2,(H2,20,21). The molecule has 23 heavy (non-hydrogen) atoms. The summed E-state index contributed by atoms with van der Waals surface area (Å²) in [7, 11) is 0. The molecule has 0 amide bonds. The summed E-state index contributed by atoms with van der Waals surface area (Å²) in [6.07, 6.45) is 7.19. The van der Waals surface area contributed by atoms with Gasteiger partial charge in [0, 0.05) is 10.9 Å². The fourth-order valence-corrected chi connectivity index (χ4v) is 3.04. The van der Waals surface area contributed by atoms with E-state index in [0.717, 1.165) is 36.6 Å². The molecule has 5 heteroatoms. The van der Waals surface area contributed by atoms with E-state index < -0.39 is 0 Å². The first kappa shape index (κ1) is 15.2. The van der Waals surface area contributed by atoms with Crippen molar-refractivity contribution in [1.29, 1.82) is 5.26 Å². The predicted octanol–water partition coefficient (Wildman–Crippen LogP) is 3.47. The van der Waals surface area contributed by atoms with E-state index in [1.54, 1.807) is 6.08 Å². The molecule has 5 nitrogen and oxygen atoms in total. The molecule has 0 atom stereocenters. The van der Waals surface area contributed by atoms with Crippen LogP contribution in [0.25, 0.3) is 17.0 Å². The van der Waals surface area contributed by atoms with Gasteiger partial charge in [-0.2, -0.15) is 5.26 Å². The van der Waals surface area contributed by atoms with Crippen molar-refractivity contribution in [2.45, 2.75) is 38.1 Å². The van der Waals surface area contributed by atoms with Crippen molar-refractivity contribution in [3.63, 3.8) is 0 Å². The SMILES string of the molecule is N#CC(=Cc1[nH]c2ccccc2c1O)C(N)=NC1CCCCC1. The number of aromatic amines is 1. The number of nitrogens with two attached hydrogens (primary N) is 1. The van der Waals surface area contributed by atoms with E-state index in [4.69, 9.17) is 5.73 Å². The number of H-pyrrole nitrogens is 1. The molecule has 1 saturated carbocycles. The van der Waals surface area contributed by atoms with E-state index in [0.29, 0.717) is 5.69 Å². The Hall–Kier alpha value is -2.74. The third kappa shape index (κ3) is 3.21. The molecule has 0 radical (unpaired) electrons. The summed E-state index contributed by atoms with van der Waals surface area (Å²) in [5, 5.41) is 20.4. The van der Waals surface area contributed by atoms with Gasteiger partial charge in [-0.15, -0.1) is 0 Å². The van der Waals surface area contributed by atoms with Crippen molar-refractivity contribution in [2.24, 2.45) is 10.7 Å². The first-order chi connectivity index (χ1) is 11.2. The highest BCUT2D eigenvalue weighted by Crippen LogP contribution is 2.30. The minimum Gasteiger partial charge on any atom is -0.505 e. The summed E-state index contributed by atoms with van der Waals surface area (Å²) >= 11 is 0. The second kappa shape index (κ2) is 6.57. The maximum atomic E-state index is 10.3. The zero-order valence-electron chi connectivity index (χ0n) is 12.9. The highest BCUT2D eigenvalue weighted by atomic mass is 16.3. The number of aromatic hydroxyl groups is 1. The van der Waals surface area contributed by atoms with Crippen LogP contribution >= 0.6 is 0 Å². The number of benzene rings is 1. The van der Waals surface area contributed by atoms with Crippen LogP contribution in [0.2, 0.25) is 0 Å². The van der Waals surface area contributed by atoms with E-state index >= 15 is 0 Å².